The third-order valence-corrected chi connectivity index (χ3v) is 4.86. The van der Waals surface area contributed by atoms with Crippen molar-refractivity contribution < 1.29 is 14.3 Å². The Labute approximate surface area is 141 Å². The van der Waals surface area contributed by atoms with E-state index in [0.717, 1.165) is 12.8 Å². The van der Waals surface area contributed by atoms with E-state index < -0.39 is 5.60 Å². The van der Waals surface area contributed by atoms with Gasteiger partial charge in [-0.25, -0.2) is 0 Å². The van der Waals surface area contributed by atoms with E-state index in [1.807, 2.05) is 9.80 Å². The molecule has 3 rings (SSSR count). The van der Waals surface area contributed by atoms with Gasteiger partial charge in [-0.3, -0.25) is 9.59 Å². The number of rotatable bonds is 1. The molecule has 2 saturated heterocycles. The van der Waals surface area contributed by atoms with Crippen molar-refractivity contribution in [3.8, 4) is 0 Å². The monoisotopic (exact) mass is 336 g/mol. The number of halogens is 1. The largest absolute Gasteiger partial charge is 0.369 e. The van der Waals surface area contributed by atoms with Crippen LogP contribution in [-0.4, -0.2) is 60.0 Å². The van der Waals surface area contributed by atoms with Crippen LogP contribution in [0.4, 0.5) is 0 Å². The fraction of sp³-hybridized carbons (Fsp3) is 0.529. The van der Waals surface area contributed by atoms with Gasteiger partial charge in [0.25, 0.3) is 5.91 Å². The zero-order chi connectivity index (χ0) is 16.4. The van der Waals surface area contributed by atoms with Gasteiger partial charge in [0.05, 0.1) is 19.7 Å². The standard InChI is InChI=1S/C17H21ClN2O3/c1-13(21)19-9-10-23-17(11-19)7-2-8-20(12-17)16(22)14-3-5-15(18)6-4-14/h3-6H,2,7-12H2,1H3. The summed E-state index contributed by atoms with van der Waals surface area (Å²) in [5.74, 6) is 0.0538. The Kier molecular flexibility index (Phi) is 4.60. The summed E-state index contributed by atoms with van der Waals surface area (Å²) in [5, 5.41) is 0.615. The van der Waals surface area contributed by atoms with Gasteiger partial charge < -0.3 is 14.5 Å². The molecular formula is C17H21ClN2O3. The summed E-state index contributed by atoms with van der Waals surface area (Å²) in [5.41, 5.74) is 0.204. The molecular weight excluding hydrogens is 316 g/mol. The number of morpholine rings is 1. The maximum atomic E-state index is 12.7. The summed E-state index contributed by atoms with van der Waals surface area (Å²) in [6.45, 7) is 4.54. The fourth-order valence-corrected chi connectivity index (χ4v) is 3.53. The molecule has 0 saturated carbocycles. The maximum absolute atomic E-state index is 12.7. The Balaban J connectivity index is 1.73. The minimum atomic E-state index is -0.426. The van der Waals surface area contributed by atoms with Gasteiger partial charge in [-0.1, -0.05) is 11.6 Å². The van der Waals surface area contributed by atoms with E-state index in [-0.39, 0.29) is 11.8 Å². The Morgan fingerprint density at radius 3 is 2.52 bits per heavy atom. The molecule has 0 bridgehead atoms. The minimum Gasteiger partial charge on any atom is -0.369 e. The van der Waals surface area contributed by atoms with Gasteiger partial charge >= 0.3 is 0 Å². The highest BCUT2D eigenvalue weighted by Crippen LogP contribution is 2.30. The molecule has 1 spiro atoms. The molecule has 2 aliphatic heterocycles. The molecule has 2 fully saturated rings. The molecule has 0 radical (unpaired) electrons. The maximum Gasteiger partial charge on any atom is 0.253 e. The lowest BCUT2D eigenvalue weighted by Crippen LogP contribution is -2.61. The topological polar surface area (TPSA) is 49.9 Å². The number of amides is 2. The average molecular weight is 337 g/mol. The van der Waals surface area contributed by atoms with Gasteiger partial charge in [-0.15, -0.1) is 0 Å². The lowest BCUT2D eigenvalue weighted by Gasteiger charge is -2.47. The highest BCUT2D eigenvalue weighted by molar-refractivity contribution is 6.30. The number of ether oxygens (including phenoxy) is 1. The quantitative estimate of drug-likeness (QED) is 0.790. The zero-order valence-electron chi connectivity index (χ0n) is 13.3. The minimum absolute atomic E-state index is 0.00992. The van der Waals surface area contributed by atoms with Crippen molar-refractivity contribution in [1.82, 2.24) is 9.80 Å². The molecule has 1 atom stereocenters. The van der Waals surface area contributed by atoms with Crippen molar-refractivity contribution in [2.45, 2.75) is 25.4 Å². The predicted molar refractivity (Wildman–Crippen MR) is 87.5 cm³/mol. The molecule has 5 nitrogen and oxygen atoms in total. The fourth-order valence-electron chi connectivity index (χ4n) is 3.41. The first-order valence-electron chi connectivity index (χ1n) is 7.93. The van der Waals surface area contributed by atoms with E-state index in [1.165, 1.54) is 0 Å². The summed E-state index contributed by atoms with van der Waals surface area (Å²) >= 11 is 5.88. The molecule has 1 aromatic carbocycles. The van der Waals surface area contributed by atoms with Gasteiger partial charge in [0.1, 0.15) is 5.60 Å². The SMILES string of the molecule is CC(=O)N1CCOC2(CCCN(C(=O)c3ccc(Cl)cc3)C2)C1. The molecule has 1 unspecified atom stereocenters. The van der Waals surface area contributed by atoms with Crippen molar-refractivity contribution in [2.75, 3.05) is 32.8 Å². The highest BCUT2D eigenvalue weighted by Gasteiger charge is 2.42. The first-order valence-corrected chi connectivity index (χ1v) is 8.31. The van der Waals surface area contributed by atoms with Crippen molar-refractivity contribution in [1.29, 1.82) is 0 Å². The first kappa shape index (κ1) is 16.3. The summed E-state index contributed by atoms with van der Waals surface area (Å²) in [6.07, 6.45) is 1.76. The summed E-state index contributed by atoms with van der Waals surface area (Å²) < 4.78 is 6.01. The second-order valence-electron chi connectivity index (χ2n) is 6.31. The van der Waals surface area contributed by atoms with E-state index in [1.54, 1.807) is 31.2 Å². The van der Waals surface area contributed by atoms with Crippen LogP contribution >= 0.6 is 11.6 Å². The average Bonchev–Trinajstić information content (AvgIpc) is 2.55. The van der Waals surface area contributed by atoms with Gasteiger partial charge in [0.15, 0.2) is 0 Å². The molecule has 0 aromatic heterocycles. The van der Waals surface area contributed by atoms with Gasteiger partial charge in [-0.05, 0) is 37.1 Å². The van der Waals surface area contributed by atoms with Gasteiger partial charge in [-0.2, -0.15) is 0 Å². The Hall–Kier alpha value is -1.59. The molecule has 0 N–H and O–H groups in total. The number of carbonyl (C=O) groups is 2. The second kappa shape index (κ2) is 6.49. The van der Waals surface area contributed by atoms with Crippen LogP contribution in [0.15, 0.2) is 24.3 Å². The van der Waals surface area contributed by atoms with E-state index in [4.69, 9.17) is 16.3 Å². The van der Waals surface area contributed by atoms with Crippen molar-refractivity contribution in [3.05, 3.63) is 34.9 Å². The number of likely N-dealkylation sites (tertiary alicyclic amines) is 1. The van der Waals surface area contributed by atoms with Crippen LogP contribution in [-0.2, 0) is 9.53 Å². The number of nitrogens with zero attached hydrogens (tertiary/aromatic N) is 2. The Morgan fingerprint density at radius 2 is 1.83 bits per heavy atom. The van der Waals surface area contributed by atoms with Crippen molar-refractivity contribution >= 4 is 23.4 Å². The number of benzene rings is 1. The van der Waals surface area contributed by atoms with Crippen LogP contribution in [0.1, 0.15) is 30.1 Å². The van der Waals surface area contributed by atoms with Crippen LogP contribution in [0.2, 0.25) is 5.02 Å². The third kappa shape index (κ3) is 3.51. The van der Waals surface area contributed by atoms with Crippen LogP contribution < -0.4 is 0 Å². The lowest BCUT2D eigenvalue weighted by atomic mass is 9.90. The van der Waals surface area contributed by atoms with Crippen LogP contribution in [0.3, 0.4) is 0 Å². The molecule has 2 heterocycles. The lowest BCUT2D eigenvalue weighted by molar-refractivity contribution is -0.157. The molecule has 6 heteroatoms. The summed E-state index contributed by atoms with van der Waals surface area (Å²) in [6, 6.07) is 6.94. The summed E-state index contributed by atoms with van der Waals surface area (Å²) in [7, 11) is 0. The number of hydrogen-bond acceptors (Lipinski definition) is 3. The Bertz CT molecular complexity index is 600. The second-order valence-corrected chi connectivity index (χ2v) is 6.75. The molecule has 2 amide bonds. The van der Waals surface area contributed by atoms with E-state index in [0.29, 0.717) is 43.4 Å². The third-order valence-electron chi connectivity index (χ3n) is 4.61. The summed E-state index contributed by atoms with van der Waals surface area (Å²) in [4.78, 5) is 28.0. The van der Waals surface area contributed by atoms with Crippen molar-refractivity contribution in [3.63, 3.8) is 0 Å². The number of piperidine rings is 1. The van der Waals surface area contributed by atoms with E-state index >= 15 is 0 Å². The van der Waals surface area contributed by atoms with Gasteiger partial charge in [0, 0.05) is 30.6 Å². The van der Waals surface area contributed by atoms with E-state index in [2.05, 4.69) is 0 Å². The van der Waals surface area contributed by atoms with Crippen LogP contribution in [0.25, 0.3) is 0 Å². The highest BCUT2D eigenvalue weighted by atomic mass is 35.5. The van der Waals surface area contributed by atoms with E-state index in [9.17, 15) is 9.59 Å². The number of carbonyl (C=O) groups excluding carboxylic acids is 2. The molecule has 124 valence electrons. The predicted octanol–water partition coefficient (Wildman–Crippen LogP) is 2.19. The van der Waals surface area contributed by atoms with Crippen LogP contribution in [0, 0.1) is 0 Å². The number of hydrogen-bond donors (Lipinski definition) is 0. The van der Waals surface area contributed by atoms with Gasteiger partial charge in [0.2, 0.25) is 5.91 Å². The van der Waals surface area contributed by atoms with Crippen molar-refractivity contribution in [2.24, 2.45) is 0 Å². The normalized spacial score (nSPS) is 24.8. The first-order chi connectivity index (χ1) is 11.0. The smallest absolute Gasteiger partial charge is 0.253 e. The van der Waals surface area contributed by atoms with Crippen LogP contribution in [0.5, 0.6) is 0 Å². The molecule has 2 aliphatic rings. The molecule has 23 heavy (non-hydrogen) atoms. The molecule has 1 aromatic rings. The molecule has 0 aliphatic carbocycles. The zero-order valence-corrected chi connectivity index (χ0v) is 14.0. The Morgan fingerprint density at radius 1 is 1.13 bits per heavy atom.